The van der Waals surface area contributed by atoms with Crippen LogP contribution >= 0.6 is 0 Å². The number of aromatic nitrogens is 2. The molecule has 0 aliphatic rings. The third-order valence-electron chi connectivity index (χ3n) is 4.76. The van der Waals surface area contributed by atoms with Crippen LogP contribution in [0.1, 0.15) is 27.2 Å². The maximum absolute atomic E-state index is 13.8. The average molecular weight is 448 g/mol. The van der Waals surface area contributed by atoms with Crippen molar-refractivity contribution in [3.05, 3.63) is 101 Å². The highest BCUT2D eigenvalue weighted by Gasteiger charge is 2.19. The number of pyridine rings is 1. The summed E-state index contributed by atoms with van der Waals surface area (Å²) >= 11 is 0. The second-order valence-corrected chi connectivity index (χ2v) is 6.91. The Morgan fingerprint density at radius 1 is 1.03 bits per heavy atom. The molecule has 6 nitrogen and oxygen atoms in total. The molecular weight excluding hydrogens is 430 g/mol. The Bertz CT molecular complexity index is 1290. The minimum atomic E-state index is -0.996. The maximum Gasteiger partial charge on any atom is 0.339 e. The standard InChI is InChI=1S/C25H18F2N2O4/c1-31-25(30)18-9-12-23(28-14-18)32-15-19-22(11-7-16-5-3-2-4-6-16)33-29-24(19)17-8-10-20(26)21(27)13-17/h2-14H,15H2,1H3. The number of methoxy groups -OCH3 is 1. The van der Waals surface area contributed by atoms with E-state index in [2.05, 4.69) is 14.9 Å². The van der Waals surface area contributed by atoms with E-state index >= 15 is 0 Å². The SMILES string of the molecule is COC(=O)c1ccc(OCc2c(-c3ccc(F)c(F)c3)noc2C=Cc2ccccc2)nc1. The van der Waals surface area contributed by atoms with Gasteiger partial charge in [-0.2, -0.15) is 0 Å². The molecule has 0 unspecified atom stereocenters. The van der Waals surface area contributed by atoms with Gasteiger partial charge in [0.2, 0.25) is 5.88 Å². The largest absolute Gasteiger partial charge is 0.473 e. The first kappa shape index (κ1) is 21.9. The molecule has 0 saturated heterocycles. The van der Waals surface area contributed by atoms with E-state index in [1.807, 2.05) is 36.4 Å². The predicted molar refractivity (Wildman–Crippen MR) is 117 cm³/mol. The molecule has 0 atom stereocenters. The molecule has 0 spiro atoms. The number of nitrogens with zero attached hydrogens (tertiary/aromatic N) is 2. The number of carbonyl (C=O) groups excluding carboxylic acids is 1. The van der Waals surface area contributed by atoms with Gasteiger partial charge in [0.15, 0.2) is 17.4 Å². The average Bonchev–Trinajstić information content (AvgIpc) is 3.26. The predicted octanol–water partition coefficient (Wildman–Crippen LogP) is 5.55. The van der Waals surface area contributed by atoms with Crippen molar-refractivity contribution in [2.45, 2.75) is 6.61 Å². The van der Waals surface area contributed by atoms with Crippen molar-refractivity contribution in [1.29, 1.82) is 0 Å². The first-order valence-electron chi connectivity index (χ1n) is 9.89. The molecule has 2 aromatic heterocycles. The lowest BCUT2D eigenvalue weighted by Crippen LogP contribution is -2.03. The van der Waals surface area contributed by atoms with Gasteiger partial charge in [-0.1, -0.05) is 41.6 Å². The summed E-state index contributed by atoms with van der Waals surface area (Å²) in [6.07, 6.45) is 4.89. The molecule has 2 aromatic carbocycles. The van der Waals surface area contributed by atoms with Gasteiger partial charge >= 0.3 is 5.97 Å². The highest BCUT2D eigenvalue weighted by molar-refractivity contribution is 5.88. The lowest BCUT2D eigenvalue weighted by atomic mass is 10.1. The fourth-order valence-electron chi connectivity index (χ4n) is 3.05. The van der Waals surface area contributed by atoms with Crippen molar-refractivity contribution in [1.82, 2.24) is 10.1 Å². The van der Waals surface area contributed by atoms with Gasteiger partial charge in [0.05, 0.1) is 18.2 Å². The Kier molecular flexibility index (Phi) is 6.54. The molecule has 4 aromatic rings. The Morgan fingerprint density at radius 3 is 2.55 bits per heavy atom. The number of ether oxygens (including phenoxy) is 2. The lowest BCUT2D eigenvalue weighted by molar-refractivity contribution is 0.0600. The molecule has 0 N–H and O–H groups in total. The second kappa shape index (κ2) is 9.86. The first-order valence-corrected chi connectivity index (χ1v) is 9.89. The molecule has 4 rings (SSSR count). The summed E-state index contributed by atoms with van der Waals surface area (Å²) in [5, 5.41) is 4.05. The van der Waals surface area contributed by atoms with E-state index in [0.717, 1.165) is 17.7 Å². The zero-order chi connectivity index (χ0) is 23.2. The van der Waals surface area contributed by atoms with E-state index in [1.54, 1.807) is 6.08 Å². The maximum atomic E-state index is 13.8. The highest BCUT2D eigenvalue weighted by Crippen LogP contribution is 2.29. The van der Waals surface area contributed by atoms with Gasteiger partial charge in [0.1, 0.15) is 12.3 Å². The molecule has 166 valence electrons. The molecule has 0 aliphatic carbocycles. The van der Waals surface area contributed by atoms with Gasteiger partial charge in [-0.05, 0) is 35.9 Å². The van der Waals surface area contributed by atoms with E-state index in [4.69, 9.17) is 9.26 Å². The summed E-state index contributed by atoms with van der Waals surface area (Å²) in [6, 6.07) is 16.1. The molecule has 33 heavy (non-hydrogen) atoms. The molecule has 2 heterocycles. The molecule has 8 heteroatoms. The van der Waals surface area contributed by atoms with Crippen molar-refractivity contribution in [2.24, 2.45) is 0 Å². The van der Waals surface area contributed by atoms with Gasteiger partial charge in [-0.25, -0.2) is 18.6 Å². The Hall–Kier alpha value is -4.33. The van der Waals surface area contributed by atoms with E-state index < -0.39 is 17.6 Å². The highest BCUT2D eigenvalue weighted by atomic mass is 19.2. The zero-order valence-electron chi connectivity index (χ0n) is 17.5. The van der Waals surface area contributed by atoms with Gasteiger partial charge in [-0.15, -0.1) is 0 Å². The normalized spacial score (nSPS) is 11.0. The van der Waals surface area contributed by atoms with E-state index in [-0.39, 0.29) is 18.1 Å². The summed E-state index contributed by atoms with van der Waals surface area (Å²) in [5.74, 6) is -1.83. The van der Waals surface area contributed by atoms with Crippen LogP contribution in [0.4, 0.5) is 8.78 Å². The van der Waals surface area contributed by atoms with Gasteiger partial charge < -0.3 is 14.0 Å². The molecule has 0 saturated carbocycles. The third-order valence-corrected chi connectivity index (χ3v) is 4.76. The van der Waals surface area contributed by atoms with Gasteiger partial charge in [-0.3, -0.25) is 0 Å². The molecule has 0 aliphatic heterocycles. The van der Waals surface area contributed by atoms with E-state index in [0.29, 0.717) is 22.6 Å². The quantitative estimate of drug-likeness (QED) is 0.345. The number of hydrogen-bond acceptors (Lipinski definition) is 6. The van der Waals surface area contributed by atoms with Gasteiger partial charge in [0.25, 0.3) is 0 Å². The van der Waals surface area contributed by atoms with Crippen molar-refractivity contribution < 1.29 is 27.6 Å². The van der Waals surface area contributed by atoms with Crippen molar-refractivity contribution in [2.75, 3.05) is 7.11 Å². The Labute approximate surface area is 188 Å². The molecule has 0 radical (unpaired) electrons. The minimum Gasteiger partial charge on any atom is -0.473 e. The number of carbonyl (C=O) groups is 1. The molecule has 0 fully saturated rings. The fraction of sp³-hybridized carbons (Fsp3) is 0.0800. The van der Waals surface area contributed by atoms with Crippen LogP contribution in [0.25, 0.3) is 23.4 Å². The van der Waals surface area contributed by atoms with E-state index in [1.165, 1.54) is 31.5 Å². The lowest BCUT2D eigenvalue weighted by Gasteiger charge is -2.07. The summed E-state index contributed by atoms with van der Waals surface area (Å²) in [7, 11) is 1.28. The van der Waals surface area contributed by atoms with E-state index in [9.17, 15) is 13.6 Å². The van der Waals surface area contributed by atoms with Crippen molar-refractivity contribution in [3.8, 4) is 17.1 Å². The minimum absolute atomic E-state index is 0.0170. The molecule has 0 bridgehead atoms. The van der Waals surface area contributed by atoms with Crippen LogP contribution < -0.4 is 4.74 Å². The van der Waals surface area contributed by atoms with Crippen molar-refractivity contribution in [3.63, 3.8) is 0 Å². The Morgan fingerprint density at radius 2 is 1.85 bits per heavy atom. The summed E-state index contributed by atoms with van der Waals surface area (Å²) < 4.78 is 43.1. The van der Waals surface area contributed by atoms with Crippen molar-refractivity contribution >= 4 is 18.1 Å². The summed E-state index contributed by atoms with van der Waals surface area (Å²) in [5.41, 5.74) is 2.39. The van der Waals surface area contributed by atoms with Crippen LogP contribution in [0.15, 0.2) is 71.4 Å². The van der Waals surface area contributed by atoms with Crippen LogP contribution in [0.2, 0.25) is 0 Å². The van der Waals surface area contributed by atoms with Crippen LogP contribution in [0.5, 0.6) is 5.88 Å². The zero-order valence-corrected chi connectivity index (χ0v) is 17.5. The topological polar surface area (TPSA) is 74.5 Å². The van der Waals surface area contributed by atoms with Crippen LogP contribution in [0.3, 0.4) is 0 Å². The first-order chi connectivity index (χ1) is 16.0. The second-order valence-electron chi connectivity index (χ2n) is 6.91. The molecular formula is C25H18F2N2O4. The monoisotopic (exact) mass is 448 g/mol. The number of esters is 1. The third kappa shape index (κ3) is 5.12. The summed E-state index contributed by atoms with van der Waals surface area (Å²) in [4.78, 5) is 15.7. The van der Waals surface area contributed by atoms with Crippen LogP contribution in [-0.2, 0) is 11.3 Å². The Balaban J connectivity index is 1.64. The molecule has 0 amide bonds. The van der Waals surface area contributed by atoms with Crippen LogP contribution in [-0.4, -0.2) is 23.2 Å². The summed E-state index contributed by atoms with van der Waals surface area (Å²) in [6.45, 7) is -0.0170. The number of rotatable bonds is 7. The van der Waals surface area contributed by atoms with Crippen LogP contribution in [0, 0.1) is 11.6 Å². The fourth-order valence-corrected chi connectivity index (χ4v) is 3.05. The number of halogens is 2. The smallest absolute Gasteiger partial charge is 0.339 e. The number of hydrogen-bond donors (Lipinski definition) is 0. The van der Waals surface area contributed by atoms with Gasteiger partial charge in [0, 0.05) is 17.8 Å². The number of benzene rings is 2.